The van der Waals surface area contributed by atoms with Gasteiger partial charge >= 0.3 is 24.1 Å². The molecule has 17 unspecified atom stereocenters. The van der Waals surface area contributed by atoms with Gasteiger partial charge in [-0.25, -0.2) is 56.7 Å². The molecule has 33 rings (SSSR count). The third-order valence-electron chi connectivity index (χ3n) is 41.3. The number of urea groups is 4. The van der Waals surface area contributed by atoms with E-state index in [4.69, 9.17) is 9.47 Å². The fourth-order valence-electron chi connectivity index (χ4n) is 35.6. The van der Waals surface area contributed by atoms with Crippen molar-refractivity contribution in [2.45, 2.75) is 272 Å². The van der Waals surface area contributed by atoms with Crippen molar-refractivity contribution in [3.05, 3.63) is 211 Å². The van der Waals surface area contributed by atoms with Crippen molar-refractivity contribution in [3.63, 3.8) is 0 Å². The fourth-order valence-corrected chi connectivity index (χ4v) is 35.6. The molecule has 26 nitrogen and oxygen atoms in total. The van der Waals surface area contributed by atoms with Crippen LogP contribution in [0.15, 0.2) is 165 Å². The molecule has 6 aromatic carbocycles. The highest BCUT2D eigenvalue weighted by molar-refractivity contribution is 6.01. The van der Waals surface area contributed by atoms with E-state index in [2.05, 4.69) is 62.5 Å². The van der Waals surface area contributed by atoms with Gasteiger partial charge in [-0.3, -0.25) is 0 Å². The number of amides is 8. The number of ether oxygens (including phenoxy) is 2. The molecule has 10 heterocycles. The van der Waals surface area contributed by atoms with Crippen LogP contribution in [0.3, 0.4) is 0 Å². The van der Waals surface area contributed by atoms with Crippen molar-refractivity contribution >= 4 is 40.6 Å². The van der Waals surface area contributed by atoms with Gasteiger partial charge in [-0.2, -0.15) is 0 Å². The minimum atomic E-state index is -0.545. The van der Waals surface area contributed by atoms with Gasteiger partial charge in [0, 0.05) is 119 Å². The number of benzene rings is 6. The van der Waals surface area contributed by atoms with Crippen molar-refractivity contribution < 1.29 is 66.6 Å². The molecule has 10 aromatic rings. The van der Waals surface area contributed by atoms with Crippen LogP contribution >= 0.6 is 0 Å². The minimum Gasteiger partial charge on any atom is -0.392 e. The molecule has 30 heteroatoms. The highest BCUT2D eigenvalue weighted by atomic mass is 19.1. The predicted molar refractivity (Wildman–Crippen MR) is 555 cm³/mol. The zero-order valence-electron chi connectivity index (χ0n) is 84.9. The van der Waals surface area contributed by atoms with Gasteiger partial charge in [-0.05, 0) is 326 Å². The number of nitrogens with zero attached hydrogens (tertiary/aromatic N) is 8. The number of hydrogen-bond acceptors (Lipinski definition) is 14. The summed E-state index contributed by atoms with van der Waals surface area (Å²) in [6.07, 6.45) is 42.7. The number of hydrogen-bond donors (Lipinski definition) is 12. The van der Waals surface area contributed by atoms with Crippen molar-refractivity contribution in [2.24, 2.45) is 110 Å². The molecule has 2 saturated heterocycles. The number of fused-ring (bicyclic) bond motifs is 13. The number of carbonyl (C=O) groups excluding carboxylic acids is 4. The number of aliphatic hydroxyl groups is 4. The summed E-state index contributed by atoms with van der Waals surface area (Å²) in [5.74, 6) is 6.19. The highest BCUT2D eigenvalue weighted by Crippen LogP contribution is 2.68. The predicted octanol–water partition coefficient (Wildman–Crippen LogP) is 19.7. The van der Waals surface area contributed by atoms with E-state index in [1.165, 1.54) is 49.9 Å². The topological polar surface area (TPSA) is 335 Å². The number of aliphatic hydroxyl groups excluding tert-OH is 4. The van der Waals surface area contributed by atoms with Gasteiger partial charge in [-0.15, -0.1) is 0 Å². The Morgan fingerprint density at radius 2 is 0.631 bits per heavy atom. The maximum Gasteiger partial charge on any atom is 0.319 e. The standard InChI is InChI=1S/C33H33FN4O2.C29H37FN4O3.C29H37FN4O2.C28H35FN4O3/c34-25-9-4-8-24-28-17-35-18-38(28)27(30(24)25)13-29(39)33-14-19-11-21(15-33)31(22(12-19)16-33)37-32(40)36-26-10-3-6-20-5-1-2-7-23(20)26;30-22-3-1-2-21-24-15-31-16-34(24)23(26(21)22)10-25(35)29-11-18-8-19(12-29)27(20(9-18)13-29)33-28(36)32-14-17-4-6-37-7-5-17;30-22-7-3-6-21-24-15-31-16-34(24)23(26(21)22)10-25(35)29-11-18-8-19(12-29)27(20(9-18)13-29)33-28(36)32-14-17-4-1-2-5-17;29-21-3-1-2-20-23-13-30-15-33(23)22(25(20)21)8-24(34)28-9-17-6-18(10-28)26(19(7-17)11-28)32-27(35)31-12-16-4-5-36-14-16/h1-10,17-19,21-22,27,29,31,39H,11-16H2,(H2,36,37,40);1-3,15-20,23,25,27,35H,4-14H2,(H2,32,33,36);3,6-7,15-20,23,25,27,35H,1-2,4-5,8-14H2,(H2,32,33,36);1-3,13,15-19,22,24,26,34H,4-12,14H2,(H2,31,32,35). The molecule has 0 spiro atoms. The number of carbonyl (C=O) groups is 4. The molecule has 16 bridgehead atoms. The lowest BCUT2D eigenvalue weighted by atomic mass is 9.46. The van der Waals surface area contributed by atoms with Gasteiger partial charge in [0.25, 0.3) is 0 Å². The van der Waals surface area contributed by atoms with Crippen molar-refractivity contribution in [1.82, 2.24) is 75.4 Å². The van der Waals surface area contributed by atoms with Gasteiger partial charge in [-0.1, -0.05) is 97.8 Å². The maximum atomic E-state index is 15.0. The SMILES string of the molecule is O=C(NCC1CCCC1)NC1C2CC3CC1CC(C(O)CC1c4c(F)cccc4-c4cncn41)(C3)C2.O=C(NCC1CCOC1)NC1C2CC3CC1CC(C(O)CC1c4c(F)cccc4-c4cncn41)(C3)C2.O=C(NCC1CCOCC1)NC1C2CC3CC1CC(C(O)CC1c4c(F)cccc4-c4cncn41)(C3)C2.O=C(Nc1cccc2ccccc12)NC1C2CC3CC1CC(C(O)CC1c4c(F)cccc4-c4cncn41)(C3)C2. The molecule has 4 aromatic heterocycles. The smallest absolute Gasteiger partial charge is 0.319 e. The minimum absolute atomic E-state index is 0.0142. The lowest BCUT2D eigenvalue weighted by Gasteiger charge is -2.61. The van der Waals surface area contributed by atoms with Crippen LogP contribution in [0.1, 0.15) is 245 Å². The van der Waals surface area contributed by atoms with E-state index in [1.807, 2.05) is 85.0 Å². The third kappa shape index (κ3) is 17.7. The van der Waals surface area contributed by atoms with Crippen LogP contribution in [0.4, 0.5) is 42.4 Å². The Kier molecular flexibility index (Phi) is 25.7. The van der Waals surface area contributed by atoms with E-state index in [0.717, 1.165) is 242 Å². The molecule has 17 atom stereocenters. The molecule has 17 saturated carbocycles. The number of rotatable bonds is 23. The summed E-state index contributed by atoms with van der Waals surface area (Å²) in [6, 6.07) is 34.3. The molecule has 8 amide bonds. The van der Waals surface area contributed by atoms with E-state index >= 15 is 4.39 Å². The van der Waals surface area contributed by atoms with E-state index in [1.54, 1.807) is 74.4 Å². The van der Waals surface area contributed by atoms with Crippen LogP contribution in [-0.2, 0) is 9.47 Å². The second-order valence-corrected chi connectivity index (χ2v) is 49.7. The van der Waals surface area contributed by atoms with Crippen molar-refractivity contribution in [2.75, 3.05) is 51.4 Å². The Morgan fingerprint density at radius 3 is 0.960 bits per heavy atom. The van der Waals surface area contributed by atoms with Crippen molar-refractivity contribution in [3.8, 4) is 45.0 Å². The Morgan fingerprint density at radius 1 is 0.342 bits per heavy atom. The zero-order chi connectivity index (χ0) is 101. The van der Waals surface area contributed by atoms with Gasteiger partial charge in [0.1, 0.15) is 23.3 Å². The summed E-state index contributed by atoms with van der Waals surface area (Å²) in [6.45, 7) is 5.24. The molecule has 19 fully saturated rings. The molecular weight excluding hydrogens is 1890 g/mol. The first-order chi connectivity index (χ1) is 72.5. The Bertz CT molecular complexity index is 6430. The quantitative estimate of drug-likeness (QED) is 0.0265. The second-order valence-electron chi connectivity index (χ2n) is 49.7. The van der Waals surface area contributed by atoms with E-state index in [9.17, 15) is 52.8 Å². The van der Waals surface area contributed by atoms with Crippen LogP contribution in [0, 0.1) is 134 Å². The molecule has 149 heavy (non-hydrogen) atoms. The Balaban J connectivity index is 0.000000100. The molecule has 17 aliphatic carbocycles. The third-order valence-corrected chi connectivity index (χ3v) is 41.3. The summed E-state index contributed by atoms with van der Waals surface area (Å²) in [5.41, 5.74) is 10.2. The average Bonchev–Trinajstić information content (AvgIpc) is 1.55. The zero-order valence-corrected chi connectivity index (χ0v) is 84.9. The van der Waals surface area contributed by atoms with Crippen LogP contribution in [0.5, 0.6) is 0 Å². The highest BCUT2D eigenvalue weighted by Gasteiger charge is 2.64. The monoisotopic (exact) mass is 2030 g/mol. The molecule has 786 valence electrons. The van der Waals surface area contributed by atoms with Gasteiger partial charge < -0.3 is 90.7 Å². The lowest BCUT2D eigenvalue weighted by molar-refractivity contribution is -0.135. The molecule has 23 aliphatic rings. The molecule has 0 radical (unpaired) electrons. The maximum absolute atomic E-state index is 15.0. The Labute approximate surface area is 867 Å². The lowest BCUT2D eigenvalue weighted by Crippen LogP contribution is -2.62. The molecule has 6 aliphatic heterocycles. The number of halogens is 4. The number of aromatic nitrogens is 8. The van der Waals surface area contributed by atoms with Gasteiger partial charge in [0.05, 0.1) is 134 Å². The van der Waals surface area contributed by atoms with Crippen LogP contribution in [0.25, 0.3) is 55.8 Å². The second kappa shape index (κ2) is 39.3. The van der Waals surface area contributed by atoms with Crippen molar-refractivity contribution in [1.29, 1.82) is 0 Å². The largest absolute Gasteiger partial charge is 0.392 e. The number of imidazole rings is 4. The average molecular weight is 2030 g/mol. The summed E-state index contributed by atoms with van der Waals surface area (Å²) in [4.78, 5) is 68.8. The summed E-state index contributed by atoms with van der Waals surface area (Å²) >= 11 is 0. The van der Waals surface area contributed by atoms with E-state index < -0.39 is 24.4 Å². The fraction of sp³-hybridized carbons (Fsp3) is 0.580. The Hall–Kier alpha value is -11.0. The van der Waals surface area contributed by atoms with Crippen LogP contribution in [0.2, 0.25) is 0 Å². The summed E-state index contributed by atoms with van der Waals surface area (Å²) < 4.78 is 78.9. The summed E-state index contributed by atoms with van der Waals surface area (Å²) in [5, 5.41) is 75.1. The van der Waals surface area contributed by atoms with E-state index in [0.29, 0.717) is 150 Å². The first-order valence-corrected chi connectivity index (χ1v) is 56.3. The molecule has 12 N–H and O–H groups in total. The van der Waals surface area contributed by atoms with Gasteiger partial charge in [0.15, 0.2) is 0 Å². The van der Waals surface area contributed by atoms with Crippen LogP contribution in [-0.4, -0.2) is 177 Å². The summed E-state index contributed by atoms with van der Waals surface area (Å²) in [7, 11) is 0. The van der Waals surface area contributed by atoms with Gasteiger partial charge in [0.2, 0.25) is 0 Å². The first kappa shape index (κ1) is 97.5. The normalized spacial score (nSPS) is 34.0. The van der Waals surface area contributed by atoms with E-state index in [-0.39, 0.29) is 117 Å². The van der Waals surface area contributed by atoms with Crippen LogP contribution < -0.4 is 42.5 Å². The molecular formula is C119H142F4N16O10. The number of nitrogens with one attached hydrogen (secondary N) is 8. The first-order valence-electron chi connectivity index (χ1n) is 56.3. The number of anilines is 1.